The lowest BCUT2D eigenvalue weighted by Crippen LogP contribution is -2.17. The quantitative estimate of drug-likeness (QED) is 0.599. The van der Waals surface area contributed by atoms with Crippen molar-refractivity contribution in [3.8, 4) is 11.5 Å². The van der Waals surface area contributed by atoms with Crippen LogP contribution in [0.4, 0.5) is 8.78 Å². The number of methoxy groups -OCH3 is 2. The van der Waals surface area contributed by atoms with Crippen LogP contribution in [0.3, 0.4) is 0 Å². The molecule has 0 saturated carbocycles. The topological polar surface area (TPSA) is 61.8 Å². The standard InChI is InChI=1S/C17H14F2O5/c1-22-10-6-7-11(15(8-10)23-2)14(20)9-24-17(21)16-12(18)4-3-5-13(16)19/h3-8H,9H2,1-2H3. The molecule has 0 aliphatic heterocycles. The largest absolute Gasteiger partial charge is 0.497 e. The van der Waals surface area contributed by atoms with E-state index >= 15 is 0 Å². The molecule has 0 saturated heterocycles. The first-order chi connectivity index (χ1) is 11.5. The van der Waals surface area contributed by atoms with Crippen LogP contribution in [0.25, 0.3) is 0 Å². The van der Waals surface area contributed by atoms with Crippen molar-refractivity contribution in [2.75, 3.05) is 20.8 Å². The SMILES string of the molecule is COc1ccc(C(=O)COC(=O)c2c(F)cccc2F)c(OC)c1. The number of hydrogen-bond donors (Lipinski definition) is 0. The summed E-state index contributed by atoms with van der Waals surface area (Å²) in [6.07, 6.45) is 0. The second-order valence-electron chi connectivity index (χ2n) is 4.66. The van der Waals surface area contributed by atoms with Gasteiger partial charge in [-0.15, -0.1) is 0 Å². The fourth-order valence-electron chi connectivity index (χ4n) is 2.00. The Morgan fingerprint density at radius 1 is 1.00 bits per heavy atom. The molecule has 2 aromatic rings. The van der Waals surface area contributed by atoms with Gasteiger partial charge in [0.2, 0.25) is 5.78 Å². The van der Waals surface area contributed by atoms with Crippen LogP contribution in [0.1, 0.15) is 20.7 Å². The molecule has 0 radical (unpaired) electrons. The molecule has 0 amide bonds. The molecule has 7 heteroatoms. The van der Waals surface area contributed by atoms with Gasteiger partial charge < -0.3 is 14.2 Å². The number of esters is 1. The minimum atomic E-state index is -1.26. The second-order valence-corrected chi connectivity index (χ2v) is 4.66. The molecule has 0 N–H and O–H groups in total. The van der Waals surface area contributed by atoms with E-state index in [1.807, 2.05) is 0 Å². The summed E-state index contributed by atoms with van der Waals surface area (Å²) in [5.41, 5.74) is -0.688. The molecule has 0 atom stereocenters. The summed E-state index contributed by atoms with van der Waals surface area (Å²) in [7, 11) is 2.83. The molecular weight excluding hydrogens is 322 g/mol. The Morgan fingerprint density at radius 2 is 1.67 bits per heavy atom. The Bertz CT molecular complexity index is 753. The molecule has 2 rings (SSSR count). The Labute approximate surface area is 136 Å². The minimum absolute atomic E-state index is 0.153. The van der Waals surface area contributed by atoms with Crippen molar-refractivity contribution >= 4 is 11.8 Å². The molecule has 0 fully saturated rings. The lowest BCUT2D eigenvalue weighted by Gasteiger charge is -2.10. The van der Waals surface area contributed by atoms with Crippen LogP contribution >= 0.6 is 0 Å². The molecular formula is C17H14F2O5. The number of hydrogen-bond acceptors (Lipinski definition) is 5. The molecule has 0 heterocycles. The summed E-state index contributed by atoms with van der Waals surface area (Å²) >= 11 is 0. The van der Waals surface area contributed by atoms with E-state index in [4.69, 9.17) is 14.2 Å². The zero-order valence-corrected chi connectivity index (χ0v) is 13.0. The maximum absolute atomic E-state index is 13.5. The van der Waals surface area contributed by atoms with Gasteiger partial charge in [-0.1, -0.05) is 6.07 Å². The molecule has 24 heavy (non-hydrogen) atoms. The van der Waals surface area contributed by atoms with Crippen molar-refractivity contribution in [1.29, 1.82) is 0 Å². The van der Waals surface area contributed by atoms with Crippen LogP contribution in [-0.2, 0) is 4.74 Å². The van der Waals surface area contributed by atoms with Crippen molar-refractivity contribution in [2.24, 2.45) is 0 Å². The van der Waals surface area contributed by atoms with E-state index in [-0.39, 0.29) is 11.3 Å². The van der Waals surface area contributed by atoms with Gasteiger partial charge in [0.15, 0.2) is 6.61 Å². The first-order valence-corrected chi connectivity index (χ1v) is 6.84. The molecule has 2 aromatic carbocycles. The van der Waals surface area contributed by atoms with Crippen molar-refractivity contribution in [2.45, 2.75) is 0 Å². The Hall–Kier alpha value is -2.96. The predicted molar refractivity (Wildman–Crippen MR) is 80.5 cm³/mol. The molecule has 0 aliphatic carbocycles. The van der Waals surface area contributed by atoms with Crippen LogP contribution < -0.4 is 9.47 Å². The highest BCUT2D eigenvalue weighted by atomic mass is 19.1. The van der Waals surface area contributed by atoms with E-state index in [1.54, 1.807) is 0 Å². The van der Waals surface area contributed by atoms with Gasteiger partial charge in [0, 0.05) is 6.07 Å². The van der Waals surface area contributed by atoms with Gasteiger partial charge in [0.25, 0.3) is 0 Å². The molecule has 0 bridgehead atoms. The second kappa shape index (κ2) is 7.54. The summed E-state index contributed by atoms with van der Waals surface area (Å²) in [4.78, 5) is 23.9. The average Bonchev–Trinajstić information content (AvgIpc) is 2.58. The summed E-state index contributed by atoms with van der Waals surface area (Å²) in [5.74, 6) is -3.25. The number of halogens is 2. The van der Waals surface area contributed by atoms with E-state index in [2.05, 4.69) is 0 Å². The number of ether oxygens (including phenoxy) is 3. The highest BCUT2D eigenvalue weighted by Gasteiger charge is 2.21. The summed E-state index contributed by atoms with van der Waals surface area (Å²) in [6.45, 7) is -0.685. The van der Waals surface area contributed by atoms with Crippen molar-refractivity contribution < 1.29 is 32.6 Å². The van der Waals surface area contributed by atoms with Gasteiger partial charge in [-0.3, -0.25) is 4.79 Å². The van der Waals surface area contributed by atoms with Crippen LogP contribution in [0.2, 0.25) is 0 Å². The van der Waals surface area contributed by atoms with Crippen LogP contribution in [-0.4, -0.2) is 32.6 Å². The van der Waals surface area contributed by atoms with E-state index < -0.39 is 35.6 Å². The monoisotopic (exact) mass is 336 g/mol. The summed E-state index contributed by atoms with van der Waals surface area (Å²) in [5, 5.41) is 0. The first-order valence-electron chi connectivity index (χ1n) is 6.84. The van der Waals surface area contributed by atoms with Gasteiger partial charge in [-0.2, -0.15) is 0 Å². The number of carbonyl (C=O) groups excluding carboxylic acids is 2. The van der Waals surface area contributed by atoms with Gasteiger partial charge >= 0.3 is 5.97 Å². The van der Waals surface area contributed by atoms with Crippen LogP contribution in [0, 0.1) is 11.6 Å². The highest BCUT2D eigenvalue weighted by Crippen LogP contribution is 2.25. The maximum atomic E-state index is 13.5. The van der Waals surface area contributed by atoms with Crippen molar-refractivity contribution in [1.82, 2.24) is 0 Å². The number of carbonyl (C=O) groups is 2. The van der Waals surface area contributed by atoms with E-state index in [9.17, 15) is 18.4 Å². The molecule has 0 spiro atoms. The summed E-state index contributed by atoms with van der Waals surface area (Å²) < 4.78 is 41.8. The molecule has 5 nitrogen and oxygen atoms in total. The number of ketones is 1. The van der Waals surface area contributed by atoms with Crippen LogP contribution in [0.15, 0.2) is 36.4 Å². The van der Waals surface area contributed by atoms with Crippen molar-refractivity contribution in [3.63, 3.8) is 0 Å². The smallest absolute Gasteiger partial charge is 0.344 e. The number of rotatable bonds is 6. The van der Waals surface area contributed by atoms with Gasteiger partial charge in [-0.05, 0) is 24.3 Å². The van der Waals surface area contributed by atoms with E-state index in [0.717, 1.165) is 18.2 Å². The normalized spacial score (nSPS) is 10.2. The Kier molecular flexibility index (Phi) is 5.47. The van der Waals surface area contributed by atoms with Crippen molar-refractivity contribution in [3.05, 3.63) is 59.2 Å². The highest BCUT2D eigenvalue weighted by molar-refractivity contribution is 6.01. The van der Waals surface area contributed by atoms with E-state index in [1.165, 1.54) is 32.4 Å². The van der Waals surface area contributed by atoms with Gasteiger partial charge in [0.1, 0.15) is 28.7 Å². The summed E-state index contributed by atoms with van der Waals surface area (Å²) in [6, 6.07) is 7.44. The third-order valence-corrected chi connectivity index (χ3v) is 3.21. The lowest BCUT2D eigenvalue weighted by molar-refractivity contribution is 0.0464. The minimum Gasteiger partial charge on any atom is -0.497 e. The lowest BCUT2D eigenvalue weighted by atomic mass is 10.1. The molecule has 126 valence electrons. The Morgan fingerprint density at radius 3 is 2.25 bits per heavy atom. The number of benzene rings is 2. The fraction of sp³-hybridized carbons (Fsp3) is 0.176. The molecule has 0 unspecified atom stereocenters. The molecule has 0 aliphatic rings. The third kappa shape index (κ3) is 3.68. The fourth-order valence-corrected chi connectivity index (χ4v) is 2.00. The van der Waals surface area contributed by atoms with Crippen LogP contribution in [0.5, 0.6) is 11.5 Å². The average molecular weight is 336 g/mol. The Balaban J connectivity index is 2.12. The molecule has 0 aromatic heterocycles. The third-order valence-electron chi connectivity index (χ3n) is 3.21. The first kappa shape index (κ1) is 17.4. The zero-order valence-electron chi connectivity index (χ0n) is 13.0. The van der Waals surface area contributed by atoms with Gasteiger partial charge in [0.05, 0.1) is 19.8 Å². The maximum Gasteiger partial charge on any atom is 0.344 e. The van der Waals surface area contributed by atoms with E-state index in [0.29, 0.717) is 5.75 Å². The zero-order chi connectivity index (χ0) is 17.7. The number of Topliss-reactive ketones (excluding diaryl/α,β-unsaturated/α-hetero) is 1. The predicted octanol–water partition coefficient (Wildman–Crippen LogP) is 3.02. The van der Waals surface area contributed by atoms with Gasteiger partial charge in [-0.25, -0.2) is 13.6 Å².